The molecule has 0 saturated carbocycles. The summed E-state index contributed by atoms with van der Waals surface area (Å²) in [5.74, 6) is 3.02. The number of rotatable bonds is 3. The molecule has 0 atom stereocenters. The first-order valence-electron chi connectivity index (χ1n) is 4.94. The number of aromatic nitrogens is 1. The normalized spacial score (nSPS) is 10.0. The van der Waals surface area contributed by atoms with E-state index in [1.807, 2.05) is 6.07 Å². The molecule has 0 aliphatic carbocycles. The second-order valence-corrected chi connectivity index (χ2v) is 3.39. The second-order valence-electron chi connectivity index (χ2n) is 3.39. The van der Waals surface area contributed by atoms with Crippen molar-refractivity contribution in [2.24, 2.45) is 0 Å². The first kappa shape index (κ1) is 10.4. The third kappa shape index (κ3) is 2.29. The van der Waals surface area contributed by atoms with Gasteiger partial charge in [-0.3, -0.25) is 0 Å². The van der Waals surface area contributed by atoms with Crippen LogP contribution in [0.25, 0.3) is 11.3 Å². The predicted molar refractivity (Wildman–Crippen MR) is 59.1 cm³/mol. The lowest BCUT2D eigenvalue weighted by molar-refractivity contribution is 0.386. The van der Waals surface area contributed by atoms with Gasteiger partial charge in [0.05, 0.1) is 0 Å². The van der Waals surface area contributed by atoms with Gasteiger partial charge in [0.15, 0.2) is 0 Å². The van der Waals surface area contributed by atoms with Crippen LogP contribution < -0.4 is 0 Å². The monoisotopic (exact) mass is 215 g/mol. The zero-order valence-corrected chi connectivity index (χ0v) is 8.61. The van der Waals surface area contributed by atoms with Crippen molar-refractivity contribution in [3.05, 3.63) is 41.9 Å². The Kier molecular flexibility index (Phi) is 3.02. The van der Waals surface area contributed by atoms with Gasteiger partial charge in [0.25, 0.3) is 0 Å². The minimum absolute atomic E-state index is 0.264. The molecule has 0 spiro atoms. The summed E-state index contributed by atoms with van der Waals surface area (Å²) in [7, 11) is 0. The standard InChI is InChI=1S/C13H10FNO/c1-2-3-4-12-9-13(15-16-12)10-5-7-11(14)8-6-10/h1,5-9H,3-4H2. The van der Waals surface area contributed by atoms with Crippen LogP contribution >= 0.6 is 0 Å². The van der Waals surface area contributed by atoms with Crippen LogP contribution in [0.5, 0.6) is 0 Å². The minimum atomic E-state index is -0.264. The van der Waals surface area contributed by atoms with Crippen molar-refractivity contribution in [1.82, 2.24) is 5.16 Å². The van der Waals surface area contributed by atoms with E-state index < -0.39 is 0 Å². The fraction of sp³-hybridized carbons (Fsp3) is 0.154. The summed E-state index contributed by atoms with van der Waals surface area (Å²) >= 11 is 0. The number of halogens is 1. The zero-order valence-electron chi connectivity index (χ0n) is 8.61. The Morgan fingerprint density at radius 1 is 1.31 bits per heavy atom. The molecule has 0 bridgehead atoms. The van der Waals surface area contributed by atoms with Crippen LogP contribution in [0, 0.1) is 18.2 Å². The van der Waals surface area contributed by atoms with Gasteiger partial charge >= 0.3 is 0 Å². The maximum absolute atomic E-state index is 12.7. The third-order valence-corrected chi connectivity index (χ3v) is 2.21. The Balaban J connectivity index is 2.18. The molecule has 0 amide bonds. The third-order valence-electron chi connectivity index (χ3n) is 2.21. The average Bonchev–Trinajstić information content (AvgIpc) is 2.76. The molecule has 0 fully saturated rings. The molecule has 0 aliphatic rings. The van der Waals surface area contributed by atoms with Gasteiger partial charge in [0, 0.05) is 24.5 Å². The molecule has 3 heteroatoms. The Morgan fingerprint density at radius 3 is 2.75 bits per heavy atom. The van der Waals surface area contributed by atoms with Crippen molar-refractivity contribution in [1.29, 1.82) is 0 Å². The van der Waals surface area contributed by atoms with Crippen molar-refractivity contribution in [2.45, 2.75) is 12.8 Å². The molecule has 2 aromatic rings. The summed E-state index contributed by atoms with van der Waals surface area (Å²) < 4.78 is 17.8. The van der Waals surface area contributed by atoms with Crippen LogP contribution in [0.4, 0.5) is 4.39 Å². The van der Waals surface area contributed by atoms with E-state index in [1.54, 1.807) is 12.1 Å². The number of terminal acetylenes is 1. The Bertz CT molecular complexity index is 507. The Hall–Kier alpha value is -2.08. The molecule has 0 aliphatic heterocycles. The largest absolute Gasteiger partial charge is 0.361 e. The summed E-state index contributed by atoms with van der Waals surface area (Å²) in [4.78, 5) is 0. The fourth-order valence-electron chi connectivity index (χ4n) is 1.38. The van der Waals surface area contributed by atoms with Crippen LogP contribution in [0.2, 0.25) is 0 Å². The fourth-order valence-corrected chi connectivity index (χ4v) is 1.38. The molecule has 0 unspecified atom stereocenters. The molecular formula is C13H10FNO. The average molecular weight is 215 g/mol. The van der Waals surface area contributed by atoms with Gasteiger partial charge in [-0.25, -0.2) is 4.39 Å². The highest BCUT2D eigenvalue weighted by Gasteiger charge is 2.05. The van der Waals surface area contributed by atoms with Gasteiger partial charge in [0.1, 0.15) is 17.3 Å². The Morgan fingerprint density at radius 2 is 2.06 bits per heavy atom. The van der Waals surface area contributed by atoms with Gasteiger partial charge < -0.3 is 4.52 Å². The van der Waals surface area contributed by atoms with Crippen LogP contribution in [0.1, 0.15) is 12.2 Å². The van der Waals surface area contributed by atoms with E-state index in [9.17, 15) is 4.39 Å². The summed E-state index contributed by atoms with van der Waals surface area (Å²) in [5.41, 5.74) is 1.53. The number of hydrogen-bond donors (Lipinski definition) is 0. The molecule has 1 aromatic heterocycles. The highest BCUT2D eigenvalue weighted by atomic mass is 19.1. The van der Waals surface area contributed by atoms with E-state index in [1.165, 1.54) is 12.1 Å². The number of nitrogens with zero attached hydrogens (tertiary/aromatic N) is 1. The molecule has 1 heterocycles. The highest BCUT2D eigenvalue weighted by Crippen LogP contribution is 2.19. The van der Waals surface area contributed by atoms with Crippen LogP contribution in [0.3, 0.4) is 0 Å². The summed E-state index contributed by atoms with van der Waals surface area (Å²) in [6.45, 7) is 0. The van der Waals surface area contributed by atoms with E-state index in [0.29, 0.717) is 18.5 Å². The second kappa shape index (κ2) is 4.63. The van der Waals surface area contributed by atoms with Crippen molar-refractivity contribution < 1.29 is 8.91 Å². The molecule has 0 saturated heterocycles. The minimum Gasteiger partial charge on any atom is -0.361 e. The molecular weight excluding hydrogens is 205 g/mol. The quantitative estimate of drug-likeness (QED) is 0.735. The lowest BCUT2D eigenvalue weighted by atomic mass is 10.1. The number of benzene rings is 1. The van der Waals surface area contributed by atoms with Gasteiger partial charge in [-0.15, -0.1) is 12.3 Å². The van der Waals surface area contributed by atoms with Crippen molar-refractivity contribution in [3.8, 4) is 23.6 Å². The van der Waals surface area contributed by atoms with Crippen LogP contribution in [-0.4, -0.2) is 5.16 Å². The highest BCUT2D eigenvalue weighted by molar-refractivity contribution is 5.58. The van der Waals surface area contributed by atoms with Gasteiger partial charge in [0.2, 0.25) is 0 Å². The molecule has 16 heavy (non-hydrogen) atoms. The van der Waals surface area contributed by atoms with E-state index in [-0.39, 0.29) is 5.82 Å². The smallest absolute Gasteiger partial charge is 0.138 e. The van der Waals surface area contributed by atoms with Gasteiger partial charge in [-0.2, -0.15) is 0 Å². The maximum Gasteiger partial charge on any atom is 0.138 e. The molecule has 0 N–H and O–H groups in total. The first-order valence-corrected chi connectivity index (χ1v) is 4.94. The first-order chi connectivity index (χ1) is 7.79. The van der Waals surface area contributed by atoms with Crippen molar-refractivity contribution in [2.75, 3.05) is 0 Å². The summed E-state index contributed by atoms with van der Waals surface area (Å²) in [6.07, 6.45) is 6.45. The van der Waals surface area contributed by atoms with Crippen molar-refractivity contribution >= 4 is 0 Å². The van der Waals surface area contributed by atoms with E-state index in [0.717, 1.165) is 11.3 Å². The topological polar surface area (TPSA) is 26.0 Å². The Labute approximate surface area is 93.1 Å². The number of aryl methyl sites for hydroxylation is 1. The molecule has 80 valence electrons. The predicted octanol–water partition coefficient (Wildman–Crippen LogP) is 3.05. The SMILES string of the molecule is C#CCCc1cc(-c2ccc(F)cc2)no1. The zero-order chi connectivity index (χ0) is 11.4. The van der Waals surface area contributed by atoms with Crippen molar-refractivity contribution in [3.63, 3.8) is 0 Å². The van der Waals surface area contributed by atoms with Gasteiger partial charge in [-0.1, -0.05) is 5.16 Å². The number of hydrogen-bond acceptors (Lipinski definition) is 2. The van der Waals surface area contributed by atoms with E-state index in [2.05, 4.69) is 11.1 Å². The summed E-state index contributed by atoms with van der Waals surface area (Å²) in [6, 6.07) is 7.94. The molecule has 1 aromatic carbocycles. The maximum atomic E-state index is 12.7. The van der Waals surface area contributed by atoms with E-state index in [4.69, 9.17) is 10.9 Å². The lowest BCUT2D eigenvalue weighted by Crippen LogP contribution is -1.78. The lowest BCUT2D eigenvalue weighted by Gasteiger charge is -1.93. The van der Waals surface area contributed by atoms with Crippen LogP contribution in [-0.2, 0) is 6.42 Å². The van der Waals surface area contributed by atoms with E-state index >= 15 is 0 Å². The van der Waals surface area contributed by atoms with Gasteiger partial charge in [-0.05, 0) is 24.3 Å². The van der Waals surface area contributed by atoms with Crippen LogP contribution in [0.15, 0.2) is 34.9 Å². The molecule has 2 nitrogen and oxygen atoms in total. The summed E-state index contributed by atoms with van der Waals surface area (Å²) in [5, 5.41) is 3.90. The molecule has 2 rings (SSSR count). The molecule has 0 radical (unpaired) electrons.